The van der Waals surface area contributed by atoms with Crippen molar-refractivity contribution < 1.29 is 0 Å². The van der Waals surface area contributed by atoms with Gasteiger partial charge in [-0.1, -0.05) is 6.07 Å². The molecule has 2 aromatic rings. The maximum Gasteiger partial charge on any atom is 0.232 e. The Morgan fingerprint density at radius 3 is 2.19 bits per heavy atom. The number of hydrogen-bond donors (Lipinski definition) is 2. The van der Waals surface area contributed by atoms with Crippen LogP contribution >= 0.6 is 12.2 Å². The molecule has 0 saturated carbocycles. The van der Waals surface area contributed by atoms with Crippen molar-refractivity contribution in [2.45, 2.75) is 32.2 Å². The smallest absolute Gasteiger partial charge is 0.232 e. The summed E-state index contributed by atoms with van der Waals surface area (Å²) in [6.07, 6.45) is 8.46. The third kappa shape index (κ3) is 4.63. The number of pyridine rings is 1. The van der Waals surface area contributed by atoms with Gasteiger partial charge in [-0.25, -0.2) is 0 Å². The number of thiocarbonyl (C=S) groups is 1. The number of hydrogen-bond acceptors (Lipinski definition) is 6. The van der Waals surface area contributed by atoms with Crippen LogP contribution in [-0.2, 0) is 6.54 Å². The second-order valence-corrected chi connectivity index (χ2v) is 7.37. The number of aromatic nitrogens is 3. The summed E-state index contributed by atoms with van der Waals surface area (Å²) in [5.74, 6) is 2.54. The average molecular weight is 384 g/mol. The molecule has 142 valence electrons. The van der Waals surface area contributed by atoms with Gasteiger partial charge in [-0.3, -0.25) is 4.98 Å². The highest BCUT2D eigenvalue weighted by molar-refractivity contribution is 7.80. The molecule has 0 aromatic carbocycles. The molecule has 27 heavy (non-hydrogen) atoms. The molecule has 7 nitrogen and oxygen atoms in total. The van der Waals surface area contributed by atoms with Gasteiger partial charge < -0.3 is 20.4 Å². The van der Waals surface area contributed by atoms with Crippen LogP contribution in [0.1, 0.15) is 31.2 Å². The van der Waals surface area contributed by atoms with Gasteiger partial charge in [-0.05, 0) is 49.5 Å². The highest BCUT2D eigenvalue weighted by Crippen LogP contribution is 2.26. The van der Waals surface area contributed by atoms with E-state index in [2.05, 4.69) is 31.5 Å². The van der Waals surface area contributed by atoms with Crippen LogP contribution in [0.3, 0.4) is 0 Å². The molecule has 0 atom stereocenters. The predicted molar refractivity (Wildman–Crippen MR) is 112 cm³/mol. The zero-order chi connectivity index (χ0) is 18.5. The molecule has 8 heteroatoms. The Morgan fingerprint density at radius 1 is 1.00 bits per heavy atom. The lowest BCUT2D eigenvalue weighted by Crippen LogP contribution is -2.30. The van der Waals surface area contributed by atoms with Gasteiger partial charge in [-0.15, -0.1) is 0 Å². The highest BCUT2D eigenvalue weighted by atomic mass is 32.1. The third-order valence-electron chi connectivity index (χ3n) is 4.96. The molecule has 0 spiro atoms. The van der Waals surface area contributed by atoms with Crippen LogP contribution in [0, 0.1) is 0 Å². The molecule has 2 aliphatic heterocycles. The van der Waals surface area contributed by atoms with Crippen LogP contribution in [0.5, 0.6) is 0 Å². The van der Waals surface area contributed by atoms with Crippen molar-refractivity contribution in [3.05, 3.63) is 36.2 Å². The monoisotopic (exact) mass is 383 g/mol. The second kappa shape index (κ2) is 8.47. The van der Waals surface area contributed by atoms with Crippen LogP contribution in [-0.4, -0.2) is 46.2 Å². The van der Waals surface area contributed by atoms with Crippen molar-refractivity contribution in [2.24, 2.45) is 0 Å². The van der Waals surface area contributed by atoms with Crippen molar-refractivity contribution in [3.63, 3.8) is 0 Å². The van der Waals surface area contributed by atoms with Crippen LogP contribution in [0.25, 0.3) is 0 Å². The van der Waals surface area contributed by atoms with Gasteiger partial charge in [0.15, 0.2) is 5.11 Å². The number of anilines is 3. The van der Waals surface area contributed by atoms with E-state index in [4.69, 9.17) is 22.2 Å². The molecule has 2 aromatic heterocycles. The molecule has 2 N–H and O–H groups in total. The molecule has 0 unspecified atom stereocenters. The summed E-state index contributed by atoms with van der Waals surface area (Å²) in [7, 11) is 0. The van der Waals surface area contributed by atoms with Gasteiger partial charge in [0.25, 0.3) is 0 Å². The first-order chi connectivity index (χ1) is 13.3. The van der Waals surface area contributed by atoms with Crippen molar-refractivity contribution in [2.75, 3.05) is 41.3 Å². The van der Waals surface area contributed by atoms with Gasteiger partial charge >= 0.3 is 0 Å². The molecule has 0 amide bonds. The van der Waals surface area contributed by atoms with Crippen LogP contribution in [0.4, 0.5) is 17.6 Å². The molecule has 2 fully saturated rings. The largest absolute Gasteiger partial charge is 0.358 e. The standard InChI is InChI=1S/C19H25N7S/c27-19(21-14-15-6-5-7-20-13-15)24-18-22-16(25-8-1-2-9-25)12-17(23-18)26-10-3-4-11-26/h5-7,12-13H,1-4,8-11,14H2,(H2,21,22,23,24,27). The van der Waals surface area contributed by atoms with E-state index in [0.29, 0.717) is 17.6 Å². The fourth-order valence-electron chi connectivity index (χ4n) is 3.53. The van der Waals surface area contributed by atoms with Crippen molar-refractivity contribution in [1.82, 2.24) is 20.3 Å². The zero-order valence-corrected chi connectivity index (χ0v) is 16.2. The van der Waals surface area contributed by atoms with E-state index >= 15 is 0 Å². The molecule has 4 rings (SSSR count). The van der Waals surface area contributed by atoms with Gasteiger partial charge in [0, 0.05) is 51.2 Å². The van der Waals surface area contributed by atoms with Gasteiger partial charge in [-0.2, -0.15) is 9.97 Å². The number of nitrogens with zero attached hydrogens (tertiary/aromatic N) is 5. The maximum absolute atomic E-state index is 5.44. The minimum absolute atomic E-state index is 0.518. The third-order valence-corrected chi connectivity index (χ3v) is 5.21. The fraction of sp³-hybridized carbons (Fsp3) is 0.474. The minimum atomic E-state index is 0.518. The lowest BCUT2D eigenvalue weighted by atomic mass is 10.3. The normalized spacial score (nSPS) is 16.6. The number of rotatable bonds is 5. The van der Waals surface area contributed by atoms with Crippen molar-refractivity contribution in [3.8, 4) is 0 Å². The summed E-state index contributed by atoms with van der Waals surface area (Å²) in [6, 6.07) is 6.05. The quantitative estimate of drug-likeness (QED) is 0.764. The SMILES string of the molecule is S=C(NCc1cccnc1)Nc1nc(N2CCCC2)cc(N2CCCC2)n1. The molecule has 0 bridgehead atoms. The van der Waals surface area contributed by atoms with E-state index in [9.17, 15) is 0 Å². The molecular formula is C19H25N7S. The minimum Gasteiger partial charge on any atom is -0.358 e. The average Bonchev–Trinajstić information content (AvgIpc) is 3.41. The Labute approximate surface area is 165 Å². The van der Waals surface area contributed by atoms with E-state index in [1.807, 2.05) is 18.3 Å². The topological polar surface area (TPSA) is 69.2 Å². The first-order valence-electron chi connectivity index (χ1n) is 9.61. The van der Waals surface area contributed by atoms with E-state index in [-0.39, 0.29) is 0 Å². The molecule has 2 aliphatic rings. The zero-order valence-electron chi connectivity index (χ0n) is 15.4. The van der Waals surface area contributed by atoms with Crippen LogP contribution in [0.2, 0.25) is 0 Å². The first kappa shape index (κ1) is 17.9. The summed E-state index contributed by atoms with van der Waals surface area (Å²) in [4.78, 5) is 18.2. The lowest BCUT2D eigenvalue weighted by Gasteiger charge is -2.22. The molecule has 0 radical (unpaired) electrons. The summed E-state index contributed by atoms with van der Waals surface area (Å²) < 4.78 is 0. The Kier molecular flexibility index (Phi) is 5.62. The molecule has 4 heterocycles. The second-order valence-electron chi connectivity index (χ2n) is 6.97. The van der Waals surface area contributed by atoms with Crippen molar-refractivity contribution in [1.29, 1.82) is 0 Å². The Balaban J connectivity index is 1.47. The fourth-order valence-corrected chi connectivity index (χ4v) is 3.69. The molecular weight excluding hydrogens is 358 g/mol. The van der Waals surface area contributed by atoms with Gasteiger partial charge in [0.2, 0.25) is 5.95 Å². The summed E-state index contributed by atoms with van der Waals surface area (Å²) in [6.45, 7) is 4.84. The number of nitrogens with one attached hydrogen (secondary N) is 2. The summed E-state index contributed by atoms with van der Waals surface area (Å²) in [5.41, 5.74) is 1.08. The lowest BCUT2D eigenvalue weighted by molar-refractivity contribution is 0.893. The molecule has 0 aliphatic carbocycles. The van der Waals surface area contributed by atoms with E-state index in [0.717, 1.165) is 43.4 Å². The Bertz CT molecular complexity index is 737. The summed E-state index contributed by atoms with van der Waals surface area (Å²) >= 11 is 5.44. The van der Waals surface area contributed by atoms with Gasteiger partial charge in [0.05, 0.1) is 0 Å². The van der Waals surface area contributed by atoms with Gasteiger partial charge in [0.1, 0.15) is 11.6 Å². The summed E-state index contributed by atoms with van der Waals surface area (Å²) in [5, 5.41) is 6.88. The van der Waals surface area contributed by atoms with E-state index in [1.54, 1.807) is 6.20 Å². The molecule has 2 saturated heterocycles. The predicted octanol–water partition coefficient (Wildman–Crippen LogP) is 2.56. The van der Waals surface area contributed by atoms with Crippen LogP contribution < -0.4 is 20.4 Å². The van der Waals surface area contributed by atoms with Crippen LogP contribution in [0.15, 0.2) is 30.6 Å². The highest BCUT2D eigenvalue weighted by Gasteiger charge is 2.20. The van der Waals surface area contributed by atoms with Crippen molar-refractivity contribution >= 4 is 34.9 Å². The maximum atomic E-state index is 5.44. The Morgan fingerprint density at radius 2 is 1.63 bits per heavy atom. The first-order valence-corrected chi connectivity index (χ1v) is 10.0. The Hall–Kier alpha value is -2.48. The van der Waals surface area contributed by atoms with E-state index < -0.39 is 0 Å². The van der Waals surface area contributed by atoms with E-state index in [1.165, 1.54) is 25.7 Å².